The number of benzene rings is 2. The van der Waals surface area contributed by atoms with E-state index in [0.29, 0.717) is 0 Å². The van der Waals surface area contributed by atoms with Crippen LogP contribution >= 0.6 is 0 Å². The third-order valence-electron chi connectivity index (χ3n) is 3.30. The highest BCUT2D eigenvalue weighted by molar-refractivity contribution is 5.36. The lowest BCUT2D eigenvalue weighted by Gasteiger charge is -2.10. The van der Waals surface area contributed by atoms with Gasteiger partial charge in [-0.15, -0.1) is 0 Å². The van der Waals surface area contributed by atoms with Gasteiger partial charge in [-0.2, -0.15) is 0 Å². The molecule has 0 aliphatic carbocycles. The summed E-state index contributed by atoms with van der Waals surface area (Å²) in [4.78, 5) is 0. The molecule has 2 aromatic carbocycles. The minimum Gasteiger partial charge on any atom is -0.0622 e. The van der Waals surface area contributed by atoms with Crippen molar-refractivity contribution in [2.75, 3.05) is 0 Å². The standard InChI is InChI=1S/C17H20/c1-3-14-10-11-16(4-2)17(12-14)13-15-8-6-5-7-9-15/h5-12H,3-4,13H2,1-2H3. The summed E-state index contributed by atoms with van der Waals surface area (Å²) >= 11 is 0. The minimum absolute atomic E-state index is 1.05. The Labute approximate surface area is 104 Å². The van der Waals surface area contributed by atoms with Gasteiger partial charge in [0.05, 0.1) is 0 Å². The first kappa shape index (κ1) is 11.9. The van der Waals surface area contributed by atoms with E-state index < -0.39 is 0 Å². The second-order valence-corrected chi connectivity index (χ2v) is 4.47. The summed E-state index contributed by atoms with van der Waals surface area (Å²) in [7, 11) is 0. The third kappa shape index (κ3) is 2.97. The van der Waals surface area contributed by atoms with Gasteiger partial charge in [-0.1, -0.05) is 62.4 Å². The van der Waals surface area contributed by atoms with Gasteiger partial charge in [-0.25, -0.2) is 0 Å². The summed E-state index contributed by atoms with van der Waals surface area (Å²) in [6, 6.07) is 17.6. The van der Waals surface area contributed by atoms with Gasteiger partial charge >= 0.3 is 0 Å². The van der Waals surface area contributed by atoms with Crippen molar-refractivity contribution in [2.45, 2.75) is 33.1 Å². The molecular weight excluding hydrogens is 204 g/mol. The molecule has 88 valence electrons. The number of aryl methyl sites for hydroxylation is 2. The molecule has 0 aromatic heterocycles. The van der Waals surface area contributed by atoms with Crippen molar-refractivity contribution in [1.82, 2.24) is 0 Å². The summed E-state index contributed by atoms with van der Waals surface area (Å²) in [6.45, 7) is 4.45. The Hall–Kier alpha value is -1.56. The first-order valence-electron chi connectivity index (χ1n) is 6.48. The van der Waals surface area contributed by atoms with Gasteiger partial charge in [0.15, 0.2) is 0 Å². The lowest BCUT2D eigenvalue weighted by Crippen LogP contribution is -1.96. The first-order valence-corrected chi connectivity index (χ1v) is 6.48. The van der Waals surface area contributed by atoms with Crippen LogP contribution in [0.5, 0.6) is 0 Å². The van der Waals surface area contributed by atoms with Gasteiger partial charge in [0.2, 0.25) is 0 Å². The van der Waals surface area contributed by atoms with Gasteiger partial charge in [0.25, 0.3) is 0 Å². The summed E-state index contributed by atoms with van der Waals surface area (Å²) in [6.07, 6.45) is 3.29. The fourth-order valence-corrected chi connectivity index (χ4v) is 2.22. The first-order chi connectivity index (χ1) is 8.33. The lowest BCUT2D eigenvalue weighted by molar-refractivity contribution is 1.03. The van der Waals surface area contributed by atoms with Crippen LogP contribution in [0.1, 0.15) is 36.1 Å². The number of hydrogen-bond acceptors (Lipinski definition) is 0. The molecule has 17 heavy (non-hydrogen) atoms. The van der Waals surface area contributed by atoms with Gasteiger partial charge in [-0.3, -0.25) is 0 Å². The molecule has 0 atom stereocenters. The molecule has 0 saturated carbocycles. The maximum absolute atomic E-state index is 2.37. The zero-order valence-corrected chi connectivity index (χ0v) is 10.7. The van der Waals surface area contributed by atoms with Crippen molar-refractivity contribution in [2.24, 2.45) is 0 Å². The highest BCUT2D eigenvalue weighted by Crippen LogP contribution is 2.17. The molecule has 0 amide bonds. The minimum atomic E-state index is 1.05. The van der Waals surface area contributed by atoms with Crippen molar-refractivity contribution in [3.8, 4) is 0 Å². The second kappa shape index (κ2) is 5.67. The molecule has 0 aliphatic heterocycles. The van der Waals surface area contributed by atoms with E-state index >= 15 is 0 Å². The van der Waals surface area contributed by atoms with Crippen LogP contribution in [0.15, 0.2) is 48.5 Å². The molecule has 0 bridgehead atoms. The van der Waals surface area contributed by atoms with Crippen LogP contribution < -0.4 is 0 Å². The van der Waals surface area contributed by atoms with Gasteiger partial charge in [0.1, 0.15) is 0 Å². The summed E-state index contributed by atoms with van der Waals surface area (Å²) in [5.41, 5.74) is 5.80. The van der Waals surface area contributed by atoms with Crippen molar-refractivity contribution >= 4 is 0 Å². The van der Waals surface area contributed by atoms with E-state index in [4.69, 9.17) is 0 Å². The van der Waals surface area contributed by atoms with Crippen LogP contribution in [-0.2, 0) is 19.3 Å². The Morgan fingerprint density at radius 2 is 1.47 bits per heavy atom. The lowest BCUT2D eigenvalue weighted by atomic mass is 9.95. The molecule has 0 nitrogen and oxygen atoms in total. The molecule has 2 rings (SSSR count). The van der Waals surface area contributed by atoms with Crippen LogP contribution in [-0.4, -0.2) is 0 Å². The Balaban J connectivity index is 2.30. The quantitative estimate of drug-likeness (QED) is 0.722. The Morgan fingerprint density at radius 3 is 2.12 bits per heavy atom. The highest BCUT2D eigenvalue weighted by Gasteiger charge is 2.03. The maximum atomic E-state index is 2.37. The average Bonchev–Trinajstić information content (AvgIpc) is 2.40. The van der Waals surface area contributed by atoms with Gasteiger partial charge in [0, 0.05) is 0 Å². The Bertz CT molecular complexity index is 469. The normalized spacial score (nSPS) is 10.5. The largest absolute Gasteiger partial charge is 0.0622 e. The van der Waals surface area contributed by atoms with E-state index in [2.05, 4.69) is 62.4 Å². The van der Waals surface area contributed by atoms with Crippen molar-refractivity contribution in [1.29, 1.82) is 0 Å². The fourth-order valence-electron chi connectivity index (χ4n) is 2.22. The van der Waals surface area contributed by atoms with Crippen molar-refractivity contribution < 1.29 is 0 Å². The molecular formula is C17H20. The molecule has 0 fully saturated rings. The molecule has 0 N–H and O–H groups in total. The Morgan fingerprint density at radius 1 is 0.706 bits per heavy atom. The molecule has 0 heterocycles. The zero-order chi connectivity index (χ0) is 12.1. The monoisotopic (exact) mass is 224 g/mol. The van der Waals surface area contributed by atoms with E-state index in [1.165, 1.54) is 22.3 Å². The van der Waals surface area contributed by atoms with Crippen LogP contribution in [0.4, 0.5) is 0 Å². The molecule has 0 aliphatic rings. The summed E-state index contributed by atoms with van der Waals surface area (Å²) in [5, 5.41) is 0. The van der Waals surface area contributed by atoms with Crippen LogP contribution in [0, 0.1) is 0 Å². The van der Waals surface area contributed by atoms with E-state index in [1.807, 2.05) is 0 Å². The summed E-state index contributed by atoms with van der Waals surface area (Å²) < 4.78 is 0. The van der Waals surface area contributed by atoms with Gasteiger partial charge < -0.3 is 0 Å². The Kier molecular flexibility index (Phi) is 3.98. The highest BCUT2D eigenvalue weighted by atomic mass is 14.1. The average molecular weight is 224 g/mol. The van der Waals surface area contributed by atoms with Crippen molar-refractivity contribution in [3.05, 3.63) is 70.8 Å². The van der Waals surface area contributed by atoms with E-state index in [-0.39, 0.29) is 0 Å². The SMILES string of the molecule is CCc1ccc(CC)c(Cc2ccccc2)c1. The molecule has 0 saturated heterocycles. The van der Waals surface area contributed by atoms with Crippen LogP contribution in [0.25, 0.3) is 0 Å². The predicted octanol–water partition coefficient (Wildman–Crippen LogP) is 4.40. The third-order valence-corrected chi connectivity index (χ3v) is 3.30. The van der Waals surface area contributed by atoms with Crippen LogP contribution in [0.2, 0.25) is 0 Å². The molecule has 0 radical (unpaired) electrons. The molecule has 0 spiro atoms. The van der Waals surface area contributed by atoms with E-state index in [0.717, 1.165) is 19.3 Å². The zero-order valence-electron chi connectivity index (χ0n) is 10.7. The number of hydrogen-bond donors (Lipinski definition) is 0. The van der Waals surface area contributed by atoms with Gasteiger partial charge in [-0.05, 0) is 41.5 Å². The van der Waals surface area contributed by atoms with E-state index in [9.17, 15) is 0 Å². The van der Waals surface area contributed by atoms with Crippen LogP contribution in [0.3, 0.4) is 0 Å². The molecule has 0 heteroatoms. The molecule has 0 unspecified atom stereocenters. The second-order valence-electron chi connectivity index (χ2n) is 4.47. The smallest absolute Gasteiger partial charge is 0.00229 e. The molecule has 2 aromatic rings. The maximum Gasteiger partial charge on any atom is -0.00229 e. The predicted molar refractivity (Wildman–Crippen MR) is 74.4 cm³/mol. The van der Waals surface area contributed by atoms with E-state index in [1.54, 1.807) is 0 Å². The topological polar surface area (TPSA) is 0 Å². The summed E-state index contributed by atoms with van der Waals surface area (Å²) in [5.74, 6) is 0. The fraction of sp³-hybridized carbons (Fsp3) is 0.294. The number of rotatable bonds is 4. The van der Waals surface area contributed by atoms with Crippen molar-refractivity contribution in [3.63, 3.8) is 0 Å².